The van der Waals surface area contributed by atoms with Crippen molar-refractivity contribution in [2.75, 3.05) is 19.5 Å². The molecule has 1 N–H and O–H groups in total. The first-order chi connectivity index (χ1) is 14.8. The summed E-state index contributed by atoms with van der Waals surface area (Å²) in [6, 6.07) is 7.44. The van der Waals surface area contributed by atoms with Crippen molar-refractivity contribution in [1.29, 1.82) is 0 Å². The van der Waals surface area contributed by atoms with Crippen LogP contribution in [0, 0.1) is 11.3 Å². The van der Waals surface area contributed by atoms with Crippen molar-refractivity contribution in [1.82, 2.24) is 0 Å². The molecule has 1 aliphatic carbocycles. The fourth-order valence-corrected chi connectivity index (χ4v) is 5.31. The molecule has 0 radical (unpaired) electrons. The lowest BCUT2D eigenvalue weighted by molar-refractivity contribution is -0.111. The van der Waals surface area contributed by atoms with Crippen molar-refractivity contribution in [2.24, 2.45) is 11.3 Å². The number of fused-ring (bicyclic) bond motifs is 1. The highest BCUT2D eigenvalue weighted by molar-refractivity contribution is 7.17. The van der Waals surface area contributed by atoms with E-state index in [0.29, 0.717) is 16.5 Å². The van der Waals surface area contributed by atoms with Crippen LogP contribution in [0.1, 0.15) is 60.0 Å². The maximum absolute atomic E-state index is 12.6. The second-order valence-electron chi connectivity index (χ2n) is 8.58. The smallest absolute Gasteiger partial charge is 0.341 e. The molecule has 0 fully saturated rings. The Morgan fingerprint density at radius 3 is 2.55 bits per heavy atom. The van der Waals surface area contributed by atoms with Crippen molar-refractivity contribution in [3.05, 3.63) is 51.9 Å². The third-order valence-corrected chi connectivity index (χ3v) is 7.62. The van der Waals surface area contributed by atoms with Gasteiger partial charge in [0.05, 0.1) is 19.8 Å². The highest BCUT2D eigenvalue weighted by Crippen LogP contribution is 2.45. The van der Waals surface area contributed by atoms with Gasteiger partial charge in [0, 0.05) is 11.0 Å². The molecule has 31 heavy (non-hydrogen) atoms. The lowest BCUT2D eigenvalue weighted by atomic mass is 9.69. The van der Waals surface area contributed by atoms with Crippen LogP contribution in [0.25, 0.3) is 6.08 Å². The first kappa shape index (κ1) is 23.1. The molecule has 1 unspecified atom stereocenters. The quantitative estimate of drug-likeness (QED) is 0.440. The van der Waals surface area contributed by atoms with E-state index in [1.165, 1.54) is 29.4 Å². The van der Waals surface area contributed by atoms with E-state index >= 15 is 0 Å². The van der Waals surface area contributed by atoms with Crippen molar-refractivity contribution in [3.8, 4) is 5.75 Å². The number of benzene rings is 1. The molecule has 1 aromatic heterocycles. The number of thiophene rings is 1. The van der Waals surface area contributed by atoms with Gasteiger partial charge in [-0.2, -0.15) is 0 Å². The minimum atomic E-state index is -0.389. The number of esters is 1. The lowest BCUT2D eigenvalue weighted by Gasteiger charge is -2.36. The number of anilines is 1. The molecular weight excluding hydrogens is 410 g/mol. The van der Waals surface area contributed by atoms with Crippen LogP contribution < -0.4 is 10.1 Å². The Balaban J connectivity index is 1.81. The molecule has 1 amide bonds. The SMILES string of the molecule is CCC(C)(C)C1CCc2c(sc(NC(=O)/C=C/c3ccc(OC)cc3)c2C(=O)OC)C1. The first-order valence-electron chi connectivity index (χ1n) is 10.6. The molecule has 3 rings (SSSR count). The number of methoxy groups -OCH3 is 2. The monoisotopic (exact) mass is 441 g/mol. The average Bonchev–Trinajstić information content (AvgIpc) is 3.14. The zero-order valence-corrected chi connectivity index (χ0v) is 19.7. The van der Waals surface area contributed by atoms with Crippen LogP contribution in [-0.2, 0) is 22.4 Å². The van der Waals surface area contributed by atoms with E-state index in [0.717, 1.165) is 42.6 Å². The summed E-state index contributed by atoms with van der Waals surface area (Å²) in [5.41, 5.74) is 2.69. The number of carbonyl (C=O) groups excluding carboxylic acids is 2. The van der Waals surface area contributed by atoms with Crippen LogP contribution in [0.5, 0.6) is 5.75 Å². The largest absolute Gasteiger partial charge is 0.497 e. The Morgan fingerprint density at radius 1 is 1.23 bits per heavy atom. The molecule has 1 aromatic carbocycles. The van der Waals surface area contributed by atoms with Crippen molar-refractivity contribution < 1.29 is 19.1 Å². The van der Waals surface area contributed by atoms with Gasteiger partial charge in [-0.3, -0.25) is 4.79 Å². The van der Waals surface area contributed by atoms with E-state index in [-0.39, 0.29) is 17.3 Å². The number of hydrogen-bond donors (Lipinski definition) is 1. The van der Waals surface area contributed by atoms with Gasteiger partial charge in [-0.25, -0.2) is 4.79 Å². The predicted octanol–water partition coefficient (Wildman–Crippen LogP) is 5.74. The second-order valence-corrected chi connectivity index (χ2v) is 9.68. The van der Waals surface area contributed by atoms with E-state index in [9.17, 15) is 9.59 Å². The van der Waals surface area contributed by atoms with E-state index in [1.54, 1.807) is 13.2 Å². The molecule has 1 atom stereocenters. The Labute approximate surface area is 188 Å². The number of hydrogen-bond acceptors (Lipinski definition) is 5. The molecule has 2 aromatic rings. The summed E-state index contributed by atoms with van der Waals surface area (Å²) in [5.74, 6) is 0.663. The van der Waals surface area contributed by atoms with Gasteiger partial charge < -0.3 is 14.8 Å². The zero-order chi connectivity index (χ0) is 22.6. The standard InChI is InChI=1S/C25H31NO4S/c1-6-25(2,3)17-10-13-19-20(15-17)31-23(22(19)24(28)30-5)26-21(27)14-9-16-7-11-18(29-4)12-8-16/h7-9,11-12,14,17H,6,10,13,15H2,1-5H3,(H,26,27)/b14-9+. The van der Waals surface area contributed by atoms with Crippen molar-refractivity contribution in [2.45, 2.75) is 46.5 Å². The first-order valence-corrected chi connectivity index (χ1v) is 11.5. The van der Waals surface area contributed by atoms with E-state index in [2.05, 4.69) is 26.1 Å². The summed E-state index contributed by atoms with van der Waals surface area (Å²) < 4.78 is 10.2. The number of ether oxygens (including phenoxy) is 2. The lowest BCUT2D eigenvalue weighted by Crippen LogP contribution is -2.28. The van der Waals surface area contributed by atoms with Crippen molar-refractivity contribution >= 4 is 34.3 Å². The summed E-state index contributed by atoms with van der Waals surface area (Å²) >= 11 is 1.51. The molecule has 0 aliphatic heterocycles. The van der Waals surface area contributed by atoms with Gasteiger partial charge in [0.2, 0.25) is 5.91 Å². The van der Waals surface area contributed by atoms with Crippen LogP contribution in [0.3, 0.4) is 0 Å². The second kappa shape index (κ2) is 9.69. The van der Waals surface area contributed by atoms with Crippen LogP contribution >= 0.6 is 11.3 Å². The number of amides is 1. The predicted molar refractivity (Wildman–Crippen MR) is 126 cm³/mol. The topological polar surface area (TPSA) is 64.6 Å². The van der Waals surface area contributed by atoms with E-state index in [4.69, 9.17) is 9.47 Å². The summed E-state index contributed by atoms with van der Waals surface area (Å²) in [4.78, 5) is 26.3. The van der Waals surface area contributed by atoms with Crippen molar-refractivity contribution in [3.63, 3.8) is 0 Å². The summed E-state index contributed by atoms with van der Waals surface area (Å²) in [6.07, 6.45) is 7.14. The minimum Gasteiger partial charge on any atom is -0.497 e. The molecule has 5 nitrogen and oxygen atoms in total. The molecule has 0 saturated carbocycles. The maximum atomic E-state index is 12.6. The number of carbonyl (C=O) groups is 2. The van der Waals surface area contributed by atoms with Gasteiger partial charge in [0.25, 0.3) is 0 Å². The normalized spacial score (nSPS) is 16.1. The molecule has 1 heterocycles. The van der Waals surface area contributed by atoms with Crippen LogP contribution in [0.2, 0.25) is 0 Å². The molecule has 166 valence electrons. The van der Waals surface area contributed by atoms with Crippen LogP contribution in [-0.4, -0.2) is 26.1 Å². The third-order valence-electron chi connectivity index (χ3n) is 6.45. The fraction of sp³-hybridized carbons (Fsp3) is 0.440. The summed E-state index contributed by atoms with van der Waals surface area (Å²) in [5, 5.41) is 3.49. The zero-order valence-electron chi connectivity index (χ0n) is 18.9. The summed E-state index contributed by atoms with van der Waals surface area (Å²) in [7, 11) is 3.00. The van der Waals surface area contributed by atoms with Gasteiger partial charge in [-0.1, -0.05) is 39.3 Å². The van der Waals surface area contributed by atoms with Gasteiger partial charge in [-0.05, 0) is 59.9 Å². The number of nitrogens with one attached hydrogen (secondary N) is 1. The van der Waals surface area contributed by atoms with E-state index < -0.39 is 0 Å². The molecule has 0 bridgehead atoms. The average molecular weight is 442 g/mol. The highest BCUT2D eigenvalue weighted by Gasteiger charge is 2.35. The number of rotatable bonds is 7. The highest BCUT2D eigenvalue weighted by atomic mass is 32.1. The molecule has 6 heteroatoms. The maximum Gasteiger partial charge on any atom is 0.341 e. The minimum absolute atomic E-state index is 0.248. The van der Waals surface area contributed by atoms with Gasteiger partial charge in [0.15, 0.2) is 0 Å². The molecule has 0 spiro atoms. The van der Waals surface area contributed by atoms with Gasteiger partial charge in [-0.15, -0.1) is 11.3 Å². The molecular formula is C25H31NO4S. The van der Waals surface area contributed by atoms with E-state index in [1.807, 2.05) is 24.3 Å². The Morgan fingerprint density at radius 2 is 1.94 bits per heavy atom. The Kier molecular flexibility index (Phi) is 7.21. The summed E-state index contributed by atoms with van der Waals surface area (Å²) in [6.45, 7) is 6.85. The third kappa shape index (κ3) is 5.18. The van der Waals surface area contributed by atoms with Crippen LogP contribution in [0.4, 0.5) is 5.00 Å². The van der Waals surface area contributed by atoms with Crippen LogP contribution in [0.15, 0.2) is 30.3 Å². The Bertz CT molecular complexity index is 972. The van der Waals surface area contributed by atoms with Gasteiger partial charge >= 0.3 is 5.97 Å². The molecule has 1 aliphatic rings. The molecule has 0 saturated heterocycles. The Hall–Kier alpha value is -2.60. The fourth-order valence-electron chi connectivity index (χ4n) is 3.99. The van der Waals surface area contributed by atoms with Gasteiger partial charge in [0.1, 0.15) is 10.8 Å².